The lowest BCUT2D eigenvalue weighted by atomic mass is 9.79. The zero-order chi connectivity index (χ0) is 22.7. The van der Waals surface area contributed by atoms with Crippen molar-refractivity contribution in [2.24, 2.45) is 4.99 Å². The van der Waals surface area contributed by atoms with E-state index in [0.717, 1.165) is 40.0 Å². The second-order valence-electron chi connectivity index (χ2n) is 8.33. The first-order valence-electron chi connectivity index (χ1n) is 11.2. The minimum atomic E-state index is -0.0174. The summed E-state index contributed by atoms with van der Waals surface area (Å²) in [5.41, 5.74) is 5.69. The number of methoxy groups -OCH3 is 1. The van der Waals surface area contributed by atoms with Gasteiger partial charge in [0.25, 0.3) is 0 Å². The molecule has 1 aliphatic rings. The molecule has 4 rings (SSSR count). The number of aliphatic imine (C=N–C) groups is 1. The summed E-state index contributed by atoms with van der Waals surface area (Å²) in [5.74, 6) is 1.05. The van der Waals surface area contributed by atoms with Crippen LogP contribution in [0.3, 0.4) is 0 Å². The normalized spacial score (nSPS) is 19.5. The van der Waals surface area contributed by atoms with Crippen LogP contribution >= 0.6 is 0 Å². The van der Waals surface area contributed by atoms with Gasteiger partial charge in [-0.25, -0.2) is 0 Å². The summed E-state index contributed by atoms with van der Waals surface area (Å²) in [6.45, 7) is 4.48. The second kappa shape index (κ2) is 9.43. The van der Waals surface area contributed by atoms with Gasteiger partial charge >= 0.3 is 0 Å². The molecule has 1 atom stereocenters. The Balaban J connectivity index is 1.62. The number of hydrogen-bond acceptors (Lipinski definition) is 4. The summed E-state index contributed by atoms with van der Waals surface area (Å²) in [5, 5.41) is 11.6. The average Bonchev–Trinajstić information content (AvgIpc) is 3.13. The maximum absolute atomic E-state index is 13.0. The number of aromatic amines is 1. The first-order valence-corrected chi connectivity index (χ1v) is 11.2. The quantitative estimate of drug-likeness (QED) is 0.381. The highest BCUT2D eigenvalue weighted by Crippen LogP contribution is 2.34. The molecule has 0 aliphatic heterocycles. The van der Waals surface area contributed by atoms with Gasteiger partial charge < -0.3 is 14.8 Å². The number of aryl methyl sites for hydroxylation is 1. The SMILES string of the molecule is CCC(O)=C1C(=O)C[C@@H](c2ccccc2)CC1=NCCc1c(C)[nH]c2ccc(OC)cc12. The van der Waals surface area contributed by atoms with E-state index in [9.17, 15) is 9.90 Å². The molecule has 0 bridgehead atoms. The zero-order valence-corrected chi connectivity index (χ0v) is 18.9. The molecule has 1 saturated carbocycles. The highest BCUT2D eigenvalue weighted by atomic mass is 16.5. The fourth-order valence-corrected chi connectivity index (χ4v) is 4.62. The molecule has 3 aromatic rings. The molecule has 5 nitrogen and oxygen atoms in total. The van der Waals surface area contributed by atoms with Crippen molar-refractivity contribution in [2.45, 2.75) is 45.4 Å². The van der Waals surface area contributed by atoms with Crippen LogP contribution in [-0.4, -0.2) is 35.2 Å². The van der Waals surface area contributed by atoms with E-state index < -0.39 is 0 Å². The number of benzene rings is 2. The number of ketones is 1. The Labute approximate surface area is 188 Å². The summed E-state index contributed by atoms with van der Waals surface area (Å²) in [6, 6.07) is 16.1. The number of nitrogens with one attached hydrogen (secondary N) is 1. The van der Waals surface area contributed by atoms with Crippen molar-refractivity contribution in [3.05, 3.63) is 76.7 Å². The lowest BCUT2D eigenvalue weighted by Gasteiger charge is -2.26. The molecular formula is C27H30N2O3. The molecule has 0 radical (unpaired) electrons. The number of allylic oxidation sites excluding steroid dienone is 2. The predicted octanol–water partition coefficient (Wildman–Crippen LogP) is 5.84. The molecular weight excluding hydrogens is 400 g/mol. The van der Waals surface area contributed by atoms with Crippen molar-refractivity contribution in [3.63, 3.8) is 0 Å². The minimum Gasteiger partial charge on any atom is -0.512 e. The van der Waals surface area contributed by atoms with Crippen LogP contribution < -0.4 is 4.74 Å². The Morgan fingerprint density at radius 2 is 1.97 bits per heavy atom. The van der Waals surface area contributed by atoms with Gasteiger partial charge in [-0.2, -0.15) is 0 Å². The number of ether oxygens (including phenoxy) is 1. The van der Waals surface area contributed by atoms with Crippen molar-refractivity contribution < 1.29 is 14.6 Å². The number of hydrogen-bond donors (Lipinski definition) is 2. The fraction of sp³-hybridized carbons (Fsp3) is 0.333. The van der Waals surface area contributed by atoms with Crippen LogP contribution in [0.4, 0.5) is 0 Å². The molecule has 32 heavy (non-hydrogen) atoms. The van der Waals surface area contributed by atoms with E-state index in [1.165, 1.54) is 5.56 Å². The smallest absolute Gasteiger partial charge is 0.168 e. The molecule has 0 saturated heterocycles. The molecule has 1 aromatic heterocycles. The van der Waals surface area contributed by atoms with E-state index in [1.54, 1.807) is 7.11 Å². The van der Waals surface area contributed by atoms with Crippen molar-refractivity contribution in [1.29, 1.82) is 0 Å². The molecule has 1 aliphatic carbocycles. The van der Waals surface area contributed by atoms with E-state index >= 15 is 0 Å². The molecule has 2 N–H and O–H groups in total. The number of Topliss-reactive ketones (excluding diaryl/α,β-unsaturated/α-hetero) is 1. The first kappa shape index (κ1) is 21.9. The Morgan fingerprint density at radius 1 is 1.19 bits per heavy atom. The maximum atomic E-state index is 13.0. The molecule has 1 heterocycles. The monoisotopic (exact) mass is 430 g/mol. The van der Waals surface area contributed by atoms with Gasteiger partial charge in [-0.1, -0.05) is 37.3 Å². The van der Waals surface area contributed by atoms with Crippen LogP contribution in [0.1, 0.15) is 48.9 Å². The topological polar surface area (TPSA) is 74.7 Å². The molecule has 0 amide bonds. The highest BCUT2D eigenvalue weighted by Gasteiger charge is 2.31. The lowest BCUT2D eigenvalue weighted by molar-refractivity contribution is -0.115. The van der Waals surface area contributed by atoms with Gasteiger partial charge in [0.05, 0.1) is 12.7 Å². The standard InChI is InChI=1S/C27H30N2O3/c1-4-25(30)27-24(14-19(15-26(27)31)18-8-6-5-7-9-18)28-13-12-21-17(2)29-23-11-10-20(32-3)16-22(21)23/h5-11,16,19,29-30H,4,12-15H2,1-3H3/t19-/m0/s1. The number of aliphatic hydroxyl groups excluding tert-OH is 1. The van der Waals surface area contributed by atoms with Gasteiger partial charge in [-0.05, 0) is 55.0 Å². The molecule has 1 fully saturated rings. The summed E-state index contributed by atoms with van der Waals surface area (Å²) < 4.78 is 5.39. The Kier molecular flexibility index (Phi) is 6.45. The van der Waals surface area contributed by atoms with Gasteiger partial charge in [0.1, 0.15) is 11.5 Å². The van der Waals surface area contributed by atoms with Crippen LogP contribution in [-0.2, 0) is 11.2 Å². The van der Waals surface area contributed by atoms with Crippen molar-refractivity contribution in [1.82, 2.24) is 4.98 Å². The molecule has 5 heteroatoms. The zero-order valence-electron chi connectivity index (χ0n) is 18.9. The third-order valence-corrected chi connectivity index (χ3v) is 6.32. The third kappa shape index (κ3) is 4.33. The van der Waals surface area contributed by atoms with E-state index in [1.807, 2.05) is 43.3 Å². The predicted molar refractivity (Wildman–Crippen MR) is 129 cm³/mol. The van der Waals surface area contributed by atoms with Crippen LogP contribution in [0.25, 0.3) is 10.9 Å². The van der Waals surface area contributed by atoms with Crippen LogP contribution in [0.5, 0.6) is 5.75 Å². The van der Waals surface area contributed by atoms with Gasteiger partial charge in [-0.15, -0.1) is 0 Å². The van der Waals surface area contributed by atoms with Gasteiger partial charge in [0, 0.05) is 41.7 Å². The molecule has 0 spiro atoms. The molecule has 0 unspecified atom stereocenters. The van der Waals surface area contributed by atoms with Crippen LogP contribution in [0.15, 0.2) is 64.9 Å². The second-order valence-corrected chi connectivity index (χ2v) is 8.33. The Bertz CT molecular complexity index is 1190. The highest BCUT2D eigenvalue weighted by molar-refractivity contribution is 6.24. The summed E-state index contributed by atoms with van der Waals surface area (Å²) >= 11 is 0. The number of carbonyl (C=O) groups excluding carboxylic acids is 1. The number of rotatable bonds is 6. The number of fused-ring (bicyclic) bond motifs is 1. The molecule has 166 valence electrons. The Morgan fingerprint density at radius 3 is 2.69 bits per heavy atom. The van der Waals surface area contributed by atoms with Gasteiger partial charge in [-0.3, -0.25) is 9.79 Å². The summed E-state index contributed by atoms with van der Waals surface area (Å²) in [4.78, 5) is 21.3. The number of aliphatic hydroxyl groups is 1. The van der Waals surface area contributed by atoms with Crippen LogP contribution in [0, 0.1) is 6.92 Å². The lowest BCUT2D eigenvalue weighted by Crippen LogP contribution is -2.27. The van der Waals surface area contributed by atoms with Gasteiger partial charge in [0.2, 0.25) is 0 Å². The summed E-state index contributed by atoms with van der Waals surface area (Å²) in [7, 11) is 1.67. The van der Waals surface area contributed by atoms with E-state index in [0.29, 0.717) is 31.4 Å². The van der Waals surface area contributed by atoms with E-state index in [2.05, 4.69) is 24.0 Å². The Hall–Kier alpha value is -3.34. The minimum absolute atomic E-state index is 0.0174. The van der Waals surface area contributed by atoms with Crippen molar-refractivity contribution in [3.8, 4) is 5.75 Å². The number of carbonyl (C=O) groups is 1. The average molecular weight is 431 g/mol. The largest absolute Gasteiger partial charge is 0.512 e. The van der Waals surface area contributed by atoms with Crippen molar-refractivity contribution >= 4 is 22.4 Å². The number of H-pyrrole nitrogens is 1. The third-order valence-electron chi connectivity index (χ3n) is 6.32. The molecule has 2 aromatic carbocycles. The van der Waals surface area contributed by atoms with Crippen LogP contribution in [0.2, 0.25) is 0 Å². The van der Waals surface area contributed by atoms with Crippen molar-refractivity contribution in [2.75, 3.05) is 13.7 Å². The summed E-state index contributed by atoms with van der Waals surface area (Å²) in [6.07, 6.45) is 2.24. The number of nitrogens with zero attached hydrogens (tertiary/aromatic N) is 1. The van der Waals surface area contributed by atoms with E-state index in [4.69, 9.17) is 9.73 Å². The van der Waals surface area contributed by atoms with E-state index in [-0.39, 0.29) is 17.5 Å². The fourth-order valence-electron chi connectivity index (χ4n) is 4.62. The first-order chi connectivity index (χ1) is 15.5. The number of aromatic nitrogens is 1. The van der Waals surface area contributed by atoms with Gasteiger partial charge in [0.15, 0.2) is 5.78 Å². The maximum Gasteiger partial charge on any atom is 0.168 e.